The van der Waals surface area contributed by atoms with Crippen LogP contribution >= 0.6 is 11.8 Å². The molecule has 1 saturated carbocycles. The van der Waals surface area contributed by atoms with Crippen molar-refractivity contribution >= 4 is 23.8 Å². The number of nitrogens with zero attached hydrogens (tertiary/aromatic N) is 2. The van der Waals surface area contributed by atoms with Crippen LogP contribution in [0.4, 0.5) is 4.79 Å². The van der Waals surface area contributed by atoms with E-state index in [1.54, 1.807) is 27.6 Å². The Morgan fingerprint density at radius 1 is 1.50 bits per heavy atom. The lowest BCUT2D eigenvalue weighted by molar-refractivity contribution is -0.141. The third kappa shape index (κ3) is 3.11. The van der Waals surface area contributed by atoms with Crippen LogP contribution in [0.15, 0.2) is 12.7 Å². The van der Waals surface area contributed by atoms with Crippen molar-refractivity contribution in [1.82, 2.24) is 9.80 Å². The fourth-order valence-electron chi connectivity index (χ4n) is 2.56. The Balaban J connectivity index is 2.16. The molecule has 5 nitrogen and oxygen atoms in total. The number of urea groups is 1. The monoisotopic (exact) mass is 298 g/mol. The molecule has 1 aliphatic carbocycles. The maximum Gasteiger partial charge on any atom is 0.327 e. The van der Waals surface area contributed by atoms with Crippen molar-refractivity contribution in [1.29, 1.82) is 0 Å². The number of aliphatic carboxylic acids is 1. The van der Waals surface area contributed by atoms with E-state index >= 15 is 0 Å². The molecule has 112 valence electrons. The normalized spacial score (nSPS) is 25.6. The second kappa shape index (κ2) is 6.52. The molecule has 2 rings (SSSR count). The van der Waals surface area contributed by atoms with Gasteiger partial charge in [-0.3, -0.25) is 4.90 Å². The van der Waals surface area contributed by atoms with Gasteiger partial charge in [-0.25, -0.2) is 9.59 Å². The molecule has 2 aliphatic rings. The lowest BCUT2D eigenvalue weighted by Gasteiger charge is -2.33. The van der Waals surface area contributed by atoms with Gasteiger partial charge in [0, 0.05) is 18.8 Å². The maximum absolute atomic E-state index is 12.7. The van der Waals surface area contributed by atoms with Crippen molar-refractivity contribution in [3.63, 3.8) is 0 Å². The van der Waals surface area contributed by atoms with Crippen LogP contribution in [-0.4, -0.2) is 57.2 Å². The summed E-state index contributed by atoms with van der Waals surface area (Å²) in [6, 6.07) is -0.844. The Morgan fingerprint density at radius 2 is 2.20 bits per heavy atom. The quantitative estimate of drug-likeness (QED) is 0.764. The zero-order chi connectivity index (χ0) is 14.7. The summed E-state index contributed by atoms with van der Waals surface area (Å²) < 4.78 is 0. The molecule has 1 N–H and O–H groups in total. The number of carbonyl (C=O) groups excluding carboxylic acids is 1. The average Bonchev–Trinajstić information content (AvgIpc) is 3.16. The lowest BCUT2D eigenvalue weighted by Crippen LogP contribution is -2.52. The van der Waals surface area contributed by atoms with Crippen LogP contribution in [0.1, 0.15) is 26.2 Å². The lowest BCUT2D eigenvalue weighted by atomic mass is 10.2. The molecule has 0 radical (unpaired) electrons. The van der Waals surface area contributed by atoms with Gasteiger partial charge in [-0.15, -0.1) is 18.3 Å². The zero-order valence-corrected chi connectivity index (χ0v) is 12.6. The van der Waals surface area contributed by atoms with E-state index in [9.17, 15) is 14.7 Å². The van der Waals surface area contributed by atoms with E-state index in [4.69, 9.17) is 0 Å². The van der Waals surface area contributed by atoms with E-state index in [0.717, 1.165) is 19.3 Å². The van der Waals surface area contributed by atoms with Crippen molar-refractivity contribution in [2.24, 2.45) is 5.92 Å². The first-order chi connectivity index (χ1) is 9.60. The first-order valence-electron chi connectivity index (χ1n) is 7.12. The number of carboxylic acids is 1. The summed E-state index contributed by atoms with van der Waals surface area (Å²) in [5.74, 6) is 0.0700. The Hall–Kier alpha value is -1.17. The van der Waals surface area contributed by atoms with Gasteiger partial charge >= 0.3 is 12.0 Å². The molecule has 1 heterocycles. The zero-order valence-electron chi connectivity index (χ0n) is 11.8. The second-order valence-electron chi connectivity index (χ2n) is 5.34. The van der Waals surface area contributed by atoms with Crippen LogP contribution in [0.2, 0.25) is 0 Å². The highest BCUT2D eigenvalue weighted by atomic mass is 32.2. The smallest absolute Gasteiger partial charge is 0.327 e. The third-order valence-corrected chi connectivity index (χ3v) is 5.14. The Morgan fingerprint density at radius 3 is 2.70 bits per heavy atom. The maximum atomic E-state index is 12.7. The summed E-state index contributed by atoms with van der Waals surface area (Å²) in [6.45, 7) is 6.79. The summed E-state index contributed by atoms with van der Waals surface area (Å²) >= 11 is 1.61. The highest BCUT2D eigenvalue weighted by molar-refractivity contribution is 8.00. The number of carboxylic acid groups (broad SMARTS) is 1. The Bertz CT molecular complexity index is 398. The number of hydrogen-bond donors (Lipinski definition) is 1. The minimum atomic E-state index is -0.899. The predicted molar refractivity (Wildman–Crippen MR) is 79.7 cm³/mol. The predicted octanol–water partition coefficient (Wildman–Crippen LogP) is 2.24. The molecule has 2 fully saturated rings. The van der Waals surface area contributed by atoms with Crippen molar-refractivity contribution in [2.45, 2.75) is 37.6 Å². The van der Waals surface area contributed by atoms with E-state index in [-0.39, 0.29) is 11.4 Å². The van der Waals surface area contributed by atoms with E-state index in [1.807, 2.05) is 6.92 Å². The van der Waals surface area contributed by atoms with Gasteiger partial charge < -0.3 is 10.0 Å². The Kier molecular flexibility index (Phi) is 4.96. The largest absolute Gasteiger partial charge is 0.480 e. The van der Waals surface area contributed by atoms with Crippen molar-refractivity contribution in [3.05, 3.63) is 12.7 Å². The summed E-state index contributed by atoms with van der Waals surface area (Å²) in [5, 5.41) is 9.38. The van der Waals surface area contributed by atoms with Crippen LogP contribution in [0.3, 0.4) is 0 Å². The van der Waals surface area contributed by atoms with E-state index < -0.39 is 12.0 Å². The first-order valence-corrected chi connectivity index (χ1v) is 8.17. The fraction of sp³-hybridized carbons (Fsp3) is 0.714. The molecule has 0 bridgehead atoms. The number of hydrogen-bond acceptors (Lipinski definition) is 3. The first kappa shape index (κ1) is 15.2. The topological polar surface area (TPSA) is 60.9 Å². The molecular weight excluding hydrogens is 276 g/mol. The van der Waals surface area contributed by atoms with Crippen LogP contribution < -0.4 is 0 Å². The molecular formula is C14H22N2O3S. The fourth-order valence-corrected chi connectivity index (χ4v) is 4.18. The van der Waals surface area contributed by atoms with Gasteiger partial charge in [0.1, 0.15) is 6.04 Å². The van der Waals surface area contributed by atoms with Gasteiger partial charge in [0.25, 0.3) is 0 Å². The van der Waals surface area contributed by atoms with Crippen LogP contribution in [0.5, 0.6) is 0 Å². The molecule has 0 aromatic carbocycles. The number of rotatable bonds is 6. The molecule has 6 heteroatoms. The van der Waals surface area contributed by atoms with Gasteiger partial charge in [-0.1, -0.05) is 13.0 Å². The third-order valence-electron chi connectivity index (χ3n) is 3.68. The molecule has 2 atom stereocenters. The molecule has 1 aliphatic heterocycles. The number of carbonyl (C=O) groups is 2. The second-order valence-corrected chi connectivity index (χ2v) is 6.49. The molecule has 0 aromatic heterocycles. The summed E-state index contributed by atoms with van der Waals surface area (Å²) in [7, 11) is 0. The Labute approximate surface area is 124 Å². The summed E-state index contributed by atoms with van der Waals surface area (Å²) in [6.07, 6.45) is 4.75. The van der Waals surface area contributed by atoms with E-state index in [0.29, 0.717) is 24.8 Å². The van der Waals surface area contributed by atoms with Crippen molar-refractivity contribution in [2.75, 3.05) is 18.8 Å². The number of amides is 2. The standard InChI is InChI=1S/C14H22N2O3S/c1-3-7-15(8-4-2)14(19)16-11(13(17)18)9-20-12(16)10-5-6-10/h3,10-12H,1,4-9H2,2H3,(H,17,18). The van der Waals surface area contributed by atoms with E-state index in [2.05, 4.69) is 6.58 Å². The van der Waals surface area contributed by atoms with Gasteiger partial charge in [0.15, 0.2) is 0 Å². The minimum absolute atomic E-state index is 0.0350. The van der Waals surface area contributed by atoms with Crippen LogP contribution in [0, 0.1) is 5.92 Å². The molecule has 2 amide bonds. The minimum Gasteiger partial charge on any atom is -0.480 e. The molecule has 1 saturated heterocycles. The SMILES string of the molecule is C=CCN(CCC)C(=O)N1C(C(=O)O)CSC1C1CC1. The highest BCUT2D eigenvalue weighted by Crippen LogP contribution is 2.45. The van der Waals surface area contributed by atoms with Crippen LogP contribution in [-0.2, 0) is 4.79 Å². The summed E-state index contributed by atoms with van der Waals surface area (Å²) in [4.78, 5) is 27.4. The van der Waals surface area contributed by atoms with Crippen molar-refractivity contribution in [3.8, 4) is 0 Å². The van der Waals surface area contributed by atoms with Gasteiger partial charge in [-0.05, 0) is 25.2 Å². The van der Waals surface area contributed by atoms with Gasteiger partial charge in [-0.2, -0.15) is 0 Å². The highest BCUT2D eigenvalue weighted by Gasteiger charge is 2.48. The van der Waals surface area contributed by atoms with Crippen LogP contribution in [0.25, 0.3) is 0 Å². The average molecular weight is 298 g/mol. The summed E-state index contributed by atoms with van der Waals surface area (Å²) in [5.41, 5.74) is 0. The molecule has 2 unspecified atom stereocenters. The van der Waals surface area contributed by atoms with Gasteiger partial charge in [0.05, 0.1) is 5.37 Å². The number of thioether (sulfide) groups is 1. The van der Waals surface area contributed by atoms with Gasteiger partial charge in [0.2, 0.25) is 0 Å². The van der Waals surface area contributed by atoms with E-state index in [1.165, 1.54) is 0 Å². The molecule has 0 spiro atoms. The molecule has 0 aromatic rings. The molecule has 20 heavy (non-hydrogen) atoms. The van der Waals surface area contributed by atoms with Crippen molar-refractivity contribution < 1.29 is 14.7 Å².